The van der Waals surface area contributed by atoms with Crippen molar-refractivity contribution in [2.45, 2.75) is 13.0 Å². The van der Waals surface area contributed by atoms with Crippen molar-refractivity contribution in [1.82, 2.24) is 4.90 Å². The van der Waals surface area contributed by atoms with E-state index in [1.54, 1.807) is 14.0 Å². The molecule has 1 aromatic rings. The lowest BCUT2D eigenvalue weighted by Crippen LogP contribution is -2.38. The number of nitro benzene ring substituents is 1. The van der Waals surface area contributed by atoms with Gasteiger partial charge in [-0.3, -0.25) is 14.9 Å². The number of methoxy groups -OCH3 is 1. The van der Waals surface area contributed by atoms with Crippen LogP contribution in [0.5, 0.6) is 0 Å². The van der Waals surface area contributed by atoms with E-state index in [0.717, 1.165) is 0 Å². The molecule has 7 nitrogen and oxygen atoms in total. The predicted molar refractivity (Wildman–Crippen MR) is 70.9 cm³/mol. The smallest absolute Gasteiger partial charge is 0.304 e. The second-order valence-corrected chi connectivity index (χ2v) is 4.22. The van der Waals surface area contributed by atoms with Crippen LogP contribution < -0.4 is 5.73 Å². The molecule has 1 rings (SSSR count). The molecule has 0 fully saturated rings. The van der Waals surface area contributed by atoms with Crippen LogP contribution in [0.3, 0.4) is 0 Å². The van der Waals surface area contributed by atoms with Gasteiger partial charge < -0.3 is 15.4 Å². The van der Waals surface area contributed by atoms with E-state index in [1.165, 1.54) is 30.2 Å². The molecule has 0 spiro atoms. The Bertz CT molecular complexity index is 490. The van der Waals surface area contributed by atoms with Crippen molar-refractivity contribution in [3.05, 3.63) is 33.9 Å². The van der Waals surface area contributed by atoms with Crippen molar-refractivity contribution in [3.63, 3.8) is 0 Å². The Hall–Kier alpha value is -2.15. The summed E-state index contributed by atoms with van der Waals surface area (Å²) in [6.07, 6.45) is 0. The van der Waals surface area contributed by atoms with E-state index in [4.69, 9.17) is 10.5 Å². The number of para-hydroxylation sites is 1. The van der Waals surface area contributed by atoms with Gasteiger partial charge in [0.05, 0.1) is 17.6 Å². The van der Waals surface area contributed by atoms with Crippen molar-refractivity contribution in [3.8, 4) is 0 Å². The molecule has 19 heavy (non-hydrogen) atoms. The summed E-state index contributed by atoms with van der Waals surface area (Å²) in [6.45, 7) is 2.14. The van der Waals surface area contributed by atoms with Crippen molar-refractivity contribution in [1.29, 1.82) is 0 Å². The van der Waals surface area contributed by atoms with Crippen molar-refractivity contribution >= 4 is 17.3 Å². The van der Waals surface area contributed by atoms with Crippen LogP contribution in [0.1, 0.15) is 17.3 Å². The second kappa shape index (κ2) is 6.14. The highest BCUT2D eigenvalue weighted by Gasteiger charge is 2.27. The molecule has 1 atom stereocenters. The number of carbonyl (C=O) groups is 1. The molecule has 0 aromatic heterocycles. The maximum atomic E-state index is 12.2. The molecule has 0 radical (unpaired) electrons. The highest BCUT2D eigenvalue weighted by atomic mass is 16.6. The highest BCUT2D eigenvalue weighted by molar-refractivity contribution is 6.00. The standard InChI is InChI=1S/C12H17N3O4/c1-8(7-19-3)14(2)12(16)9-5-4-6-10(13)11(9)15(17)18/h4-6,8H,7,13H2,1-3H3. The van der Waals surface area contributed by atoms with Crippen LogP contribution in [0.4, 0.5) is 11.4 Å². The molecular formula is C12H17N3O4. The van der Waals surface area contributed by atoms with Crippen LogP contribution in [0, 0.1) is 10.1 Å². The zero-order valence-corrected chi connectivity index (χ0v) is 11.1. The van der Waals surface area contributed by atoms with Gasteiger partial charge in [0, 0.05) is 14.2 Å². The minimum absolute atomic E-state index is 0.0181. The molecule has 0 saturated carbocycles. The summed E-state index contributed by atoms with van der Waals surface area (Å²) in [7, 11) is 3.09. The molecule has 0 aliphatic carbocycles. The first kappa shape index (κ1) is 14.9. The fourth-order valence-electron chi connectivity index (χ4n) is 1.68. The summed E-state index contributed by atoms with van der Waals surface area (Å²) in [4.78, 5) is 24.0. The topological polar surface area (TPSA) is 98.7 Å². The van der Waals surface area contributed by atoms with Gasteiger partial charge in [0.2, 0.25) is 0 Å². The Balaban J connectivity index is 3.13. The minimum atomic E-state index is -0.641. The molecule has 0 saturated heterocycles. The van der Waals surface area contributed by atoms with Crippen LogP contribution in [0.25, 0.3) is 0 Å². The van der Waals surface area contributed by atoms with Crippen LogP contribution in [0.2, 0.25) is 0 Å². The maximum absolute atomic E-state index is 12.2. The Kier molecular flexibility index (Phi) is 4.82. The molecule has 1 aromatic carbocycles. The second-order valence-electron chi connectivity index (χ2n) is 4.22. The molecule has 2 N–H and O–H groups in total. The van der Waals surface area contributed by atoms with Gasteiger partial charge >= 0.3 is 5.69 Å². The highest BCUT2D eigenvalue weighted by Crippen LogP contribution is 2.27. The number of hydrogen-bond donors (Lipinski definition) is 1. The lowest BCUT2D eigenvalue weighted by atomic mass is 10.1. The first-order valence-electron chi connectivity index (χ1n) is 5.69. The Morgan fingerprint density at radius 1 is 1.58 bits per heavy atom. The number of amides is 1. The van der Waals surface area contributed by atoms with Gasteiger partial charge in [0.15, 0.2) is 0 Å². The van der Waals surface area contributed by atoms with Crippen LogP contribution in [0.15, 0.2) is 18.2 Å². The first-order valence-corrected chi connectivity index (χ1v) is 5.69. The van der Waals surface area contributed by atoms with Gasteiger partial charge in [-0.15, -0.1) is 0 Å². The van der Waals surface area contributed by atoms with Crippen LogP contribution in [-0.4, -0.2) is 42.5 Å². The van der Waals surface area contributed by atoms with Gasteiger partial charge in [-0.2, -0.15) is 0 Å². The molecule has 1 unspecified atom stereocenters. The van der Waals surface area contributed by atoms with Gasteiger partial charge in [0.25, 0.3) is 5.91 Å². The fraction of sp³-hybridized carbons (Fsp3) is 0.417. The molecule has 0 bridgehead atoms. The maximum Gasteiger partial charge on any atom is 0.304 e. The Labute approximate surface area is 111 Å². The SMILES string of the molecule is COCC(C)N(C)C(=O)c1cccc(N)c1[N+](=O)[O-]. The van der Waals surface area contributed by atoms with E-state index >= 15 is 0 Å². The Morgan fingerprint density at radius 3 is 2.74 bits per heavy atom. The number of hydrogen-bond acceptors (Lipinski definition) is 5. The molecule has 104 valence electrons. The van der Waals surface area contributed by atoms with Crippen LogP contribution >= 0.6 is 0 Å². The van der Waals surface area contributed by atoms with Crippen molar-refractivity contribution in [2.24, 2.45) is 0 Å². The Morgan fingerprint density at radius 2 is 2.21 bits per heavy atom. The van der Waals surface area contributed by atoms with E-state index < -0.39 is 10.8 Å². The lowest BCUT2D eigenvalue weighted by Gasteiger charge is -2.24. The normalized spacial score (nSPS) is 11.9. The molecule has 0 aliphatic rings. The van der Waals surface area contributed by atoms with Crippen molar-refractivity contribution in [2.75, 3.05) is 26.5 Å². The fourth-order valence-corrected chi connectivity index (χ4v) is 1.68. The van der Waals surface area contributed by atoms with E-state index in [1.807, 2.05) is 0 Å². The van der Waals surface area contributed by atoms with E-state index in [9.17, 15) is 14.9 Å². The summed E-state index contributed by atoms with van der Waals surface area (Å²) in [5.41, 5.74) is 5.16. The number of likely N-dealkylation sites (N-methyl/N-ethyl adjacent to an activating group) is 1. The lowest BCUT2D eigenvalue weighted by molar-refractivity contribution is -0.384. The molecular weight excluding hydrogens is 250 g/mol. The summed E-state index contributed by atoms with van der Waals surface area (Å²) < 4.78 is 4.96. The summed E-state index contributed by atoms with van der Waals surface area (Å²) in [5.74, 6) is -0.455. The third-order valence-electron chi connectivity index (χ3n) is 2.87. The van der Waals surface area contributed by atoms with E-state index in [-0.39, 0.29) is 23.0 Å². The molecule has 0 heterocycles. The summed E-state index contributed by atoms with van der Waals surface area (Å²) in [6, 6.07) is 4.11. The number of nitrogen functional groups attached to an aromatic ring is 1. The average Bonchev–Trinajstić information content (AvgIpc) is 2.36. The largest absolute Gasteiger partial charge is 0.393 e. The third kappa shape index (κ3) is 3.19. The van der Waals surface area contributed by atoms with Gasteiger partial charge in [-0.25, -0.2) is 0 Å². The van der Waals surface area contributed by atoms with Gasteiger partial charge in [-0.05, 0) is 19.1 Å². The minimum Gasteiger partial charge on any atom is -0.393 e. The molecule has 1 amide bonds. The van der Waals surface area contributed by atoms with Crippen LogP contribution in [-0.2, 0) is 4.74 Å². The average molecular weight is 267 g/mol. The number of benzene rings is 1. The number of nitrogens with two attached hydrogens (primary N) is 1. The summed E-state index contributed by atoms with van der Waals surface area (Å²) in [5, 5.41) is 11.0. The quantitative estimate of drug-likeness (QED) is 0.492. The monoisotopic (exact) mass is 267 g/mol. The molecule has 7 heteroatoms. The number of carbonyl (C=O) groups excluding carboxylic acids is 1. The number of rotatable bonds is 5. The number of nitro groups is 1. The zero-order chi connectivity index (χ0) is 14.6. The number of nitrogens with zero attached hydrogens (tertiary/aromatic N) is 2. The van der Waals surface area contributed by atoms with Gasteiger partial charge in [0.1, 0.15) is 11.3 Å². The summed E-state index contributed by atoms with van der Waals surface area (Å²) >= 11 is 0. The first-order chi connectivity index (χ1) is 8.90. The predicted octanol–water partition coefficient (Wildman–Crippen LogP) is 1.28. The van der Waals surface area contributed by atoms with E-state index in [2.05, 4.69) is 0 Å². The van der Waals surface area contributed by atoms with Crippen molar-refractivity contribution < 1.29 is 14.5 Å². The zero-order valence-electron chi connectivity index (χ0n) is 11.1. The molecule has 0 aliphatic heterocycles. The third-order valence-corrected chi connectivity index (χ3v) is 2.87. The van der Waals surface area contributed by atoms with Gasteiger partial charge in [-0.1, -0.05) is 6.07 Å². The number of ether oxygens (including phenoxy) is 1. The number of anilines is 1. The van der Waals surface area contributed by atoms with E-state index in [0.29, 0.717) is 6.61 Å².